The first-order valence-electron chi connectivity index (χ1n) is 5.02. The predicted octanol–water partition coefficient (Wildman–Crippen LogP) is 1.95. The smallest absolute Gasteiger partial charge is 0.305 e. The number of nitrogens with two attached hydrogens (primary N) is 1. The maximum absolute atomic E-state index is 10.9. The Morgan fingerprint density at radius 1 is 1.53 bits per heavy atom. The van der Waals surface area contributed by atoms with Gasteiger partial charge in [-0.05, 0) is 18.9 Å². The maximum atomic E-state index is 10.9. The van der Waals surface area contributed by atoms with Crippen LogP contribution < -0.4 is 5.73 Å². The van der Waals surface area contributed by atoms with E-state index in [0.29, 0.717) is 12.8 Å². The van der Waals surface area contributed by atoms with Crippen molar-refractivity contribution in [3.8, 4) is 0 Å². The van der Waals surface area contributed by atoms with Gasteiger partial charge >= 0.3 is 5.97 Å². The number of hydrogen-bond acceptors (Lipinski definition) is 3. The number of esters is 1. The fraction of sp³-hybridized carbons (Fsp3) is 0.417. The lowest BCUT2D eigenvalue weighted by Gasteiger charge is -2.11. The van der Waals surface area contributed by atoms with Crippen LogP contribution in [0.25, 0.3) is 0 Å². The molecule has 2 N–H and O–H groups in total. The van der Waals surface area contributed by atoms with Crippen LogP contribution in [-0.4, -0.2) is 13.1 Å². The number of aryl methyl sites for hydroxylation is 1. The van der Waals surface area contributed by atoms with Gasteiger partial charge in [0, 0.05) is 12.5 Å². The molecule has 82 valence electrons. The number of benzene rings is 1. The summed E-state index contributed by atoms with van der Waals surface area (Å²) in [6, 6.07) is 7.93. The third-order valence-corrected chi connectivity index (χ3v) is 2.36. The van der Waals surface area contributed by atoms with E-state index in [1.807, 2.05) is 31.2 Å². The van der Waals surface area contributed by atoms with Crippen LogP contribution in [0, 0.1) is 6.92 Å². The van der Waals surface area contributed by atoms with Crippen LogP contribution in [0.3, 0.4) is 0 Å². The molecule has 0 bridgehead atoms. The van der Waals surface area contributed by atoms with Gasteiger partial charge in [0.1, 0.15) is 0 Å². The molecule has 1 aromatic carbocycles. The molecule has 0 fully saturated rings. The molecule has 0 radical (unpaired) electrons. The number of rotatable bonds is 4. The monoisotopic (exact) mass is 207 g/mol. The molecule has 1 aromatic rings. The van der Waals surface area contributed by atoms with Crippen LogP contribution in [0.15, 0.2) is 24.3 Å². The predicted molar refractivity (Wildman–Crippen MR) is 59.4 cm³/mol. The molecule has 0 aliphatic rings. The summed E-state index contributed by atoms with van der Waals surface area (Å²) in [5.74, 6) is -0.210. The molecule has 0 spiro atoms. The second kappa shape index (κ2) is 5.51. The van der Waals surface area contributed by atoms with Gasteiger partial charge in [0.15, 0.2) is 0 Å². The molecule has 1 rings (SSSR count). The third-order valence-electron chi connectivity index (χ3n) is 2.36. The van der Waals surface area contributed by atoms with E-state index in [0.717, 1.165) is 5.56 Å². The van der Waals surface area contributed by atoms with Crippen molar-refractivity contribution in [3.63, 3.8) is 0 Å². The quantitative estimate of drug-likeness (QED) is 0.768. The minimum absolute atomic E-state index is 0.0935. The summed E-state index contributed by atoms with van der Waals surface area (Å²) in [4.78, 5) is 10.9. The summed E-state index contributed by atoms with van der Waals surface area (Å²) in [5, 5.41) is 0. The van der Waals surface area contributed by atoms with Crippen LogP contribution in [0.1, 0.15) is 30.0 Å². The van der Waals surface area contributed by atoms with Crippen molar-refractivity contribution in [2.75, 3.05) is 7.11 Å². The Balaban J connectivity index is 2.53. The molecule has 0 saturated carbocycles. The molecule has 1 unspecified atom stereocenters. The highest BCUT2D eigenvalue weighted by atomic mass is 16.5. The van der Waals surface area contributed by atoms with Gasteiger partial charge in [0.2, 0.25) is 0 Å². The summed E-state index contributed by atoms with van der Waals surface area (Å²) in [6.07, 6.45) is 0.988. The molecule has 15 heavy (non-hydrogen) atoms. The first-order chi connectivity index (χ1) is 7.13. The standard InChI is InChI=1S/C12H17NO2/c1-9-4-3-5-10(8-9)11(13)6-7-12(14)15-2/h3-5,8,11H,6-7,13H2,1-2H3. The second-order valence-corrected chi connectivity index (χ2v) is 3.64. The second-order valence-electron chi connectivity index (χ2n) is 3.64. The Labute approximate surface area is 90.2 Å². The van der Waals surface area contributed by atoms with Gasteiger partial charge < -0.3 is 10.5 Å². The molecule has 0 saturated heterocycles. The van der Waals surface area contributed by atoms with Gasteiger partial charge in [0.25, 0.3) is 0 Å². The largest absolute Gasteiger partial charge is 0.469 e. The van der Waals surface area contributed by atoms with Gasteiger partial charge in [-0.1, -0.05) is 29.8 Å². The highest BCUT2D eigenvalue weighted by Crippen LogP contribution is 2.16. The van der Waals surface area contributed by atoms with E-state index in [4.69, 9.17) is 5.73 Å². The molecular formula is C12H17NO2. The average Bonchev–Trinajstić information content (AvgIpc) is 2.25. The summed E-state index contributed by atoms with van der Waals surface area (Å²) in [6.45, 7) is 2.02. The molecule has 3 nitrogen and oxygen atoms in total. The molecule has 1 atom stereocenters. The normalized spacial score (nSPS) is 12.2. The van der Waals surface area contributed by atoms with Crippen molar-refractivity contribution in [3.05, 3.63) is 35.4 Å². The zero-order valence-corrected chi connectivity index (χ0v) is 9.19. The van der Waals surface area contributed by atoms with Crippen molar-refractivity contribution < 1.29 is 9.53 Å². The Morgan fingerprint density at radius 2 is 2.27 bits per heavy atom. The molecule has 0 aliphatic heterocycles. The number of carbonyl (C=O) groups excluding carboxylic acids is 1. The van der Waals surface area contributed by atoms with Crippen molar-refractivity contribution in [2.45, 2.75) is 25.8 Å². The van der Waals surface area contributed by atoms with Gasteiger partial charge in [0.05, 0.1) is 7.11 Å². The summed E-state index contributed by atoms with van der Waals surface area (Å²) in [7, 11) is 1.39. The summed E-state index contributed by atoms with van der Waals surface area (Å²) >= 11 is 0. The van der Waals surface area contributed by atoms with E-state index in [2.05, 4.69) is 4.74 Å². The van der Waals surface area contributed by atoms with Gasteiger partial charge in [-0.2, -0.15) is 0 Å². The number of methoxy groups -OCH3 is 1. The van der Waals surface area contributed by atoms with Gasteiger partial charge in [-0.15, -0.1) is 0 Å². The fourth-order valence-electron chi connectivity index (χ4n) is 1.44. The molecule has 0 aliphatic carbocycles. The van der Waals surface area contributed by atoms with E-state index in [9.17, 15) is 4.79 Å². The summed E-state index contributed by atoms with van der Waals surface area (Å²) in [5.41, 5.74) is 8.21. The lowest BCUT2D eigenvalue weighted by molar-refractivity contribution is -0.140. The SMILES string of the molecule is COC(=O)CCC(N)c1cccc(C)c1. The first kappa shape index (κ1) is 11.7. The van der Waals surface area contributed by atoms with Crippen LogP contribution in [-0.2, 0) is 9.53 Å². The zero-order chi connectivity index (χ0) is 11.3. The van der Waals surface area contributed by atoms with E-state index >= 15 is 0 Å². The van der Waals surface area contributed by atoms with E-state index in [1.54, 1.807) is 0 Å². The van der Waals surface area contributed by atoms with Crippen LogP contribution in [0.5, 0.6) is 0 Å². The minimum atomic E-state index is -0.210. The molecular weight excluding hydrogens is 190 g/mol. The van der Waals surface area contributed by atoms with Crippen molar-refractivity contribution in [2.24, 2.45) is 5.73 Å². The summed E-state index contributed by atoms with van der Waals surface area (Å²) < 4.78 is 4.57. The Bertz CT molecular complexity index is 336. The first-order valence-corrected chi connectivity index (χ1v) is 5.02. The van der Waals surface area contributed by atoms with Crippen LogP contribution in [0.2, 0.25) is 0 Å². The van der Waals surface area contributed by atoms with E-state index in [-0.39, 0.29) is 12.0 Å². The molecule has 0 aromatic heterocycles. The minimum Gasteiger partial charge on any atom is -0.469 e. The van der Waals surface area contributed by atoms with E-state index < -0.39 is 0 Å². The maximum Gasteiger partial charge on any atom is 0.305 e. The van der Waals surface area contributed by atoms with Crippen molar-refractivity contribution >= 4 is 5.97 Å². The van der Waals surface area contributed by atoms with Crippen LogP contribution in [0.4, 0.5) is 0 Å². The average molecular weight is 207 g/mol. The Hall–Kier alpha value is -1.35. The topological polar surface area (TPSA) is 52.3 Å². The molecule has 0 amide bonds. The van der Waals surface area contributed by atoms with E-state index in [1.165, 1.54) is 12.7 Å². The fourth-order valence-corrected chi connectivity index (χ4v) is 1.44. The van der Waals surface area contributed by atoms with Crippen LogP contribution >= 0.6 is 0 Å². The molecule has 0 heterocycles. The zero-order valence-electron chi connectivity index (χ0n) is 9.19. The number of ether oxygens (including phenoxy) is 1. The lowest BCUT2D eigenvalue weighted by Crippen LogP contribution is -2.13. The number of carbonyl (C=O) groups is 1. The lowest BCUT2D eigenvalue weighted by atomic mass is 10.0. The van der Waals surface area contributed by atoms with Gasteiger partial charge in [-0.3, -0.25) is 4.79 Å². The Morgan fingerprint density at radius 3 is 2.87 bits per heavy atom. The van der Waals surface area contributed by atoms with Crippen molar-refractivity contribution in [1.82, 2.24) is 0 Å². The number of hydrogen-bond donors (Lipinski definition) is 1. The Kier molecular flexibility index (Phi) is 4.31. The highest BCUT2D eigenvalue weighted by molar-refractivity contribution is 5.69. The van der Waals surface area contributed by atoms with Crippen molar-refractivity contribution in [1.29, 1.82) is 0 Å². The highest BCUT2D eigenvalue weighted by Gasteiger charge is 2.08. The van der Waals surface area contributed by atoms with Gasteiger partial charge in [-0.25, -0.2) is 0 Å². The third kappa shape index (κ3) is 3.72. The molecule has 3 heteroatoms.